The first-order chi connectivity index (χ1) is 6.24. The minimum absolute atomic E-state index is 0.0159. The number of aromatic nitrogens is 1. The molecule has 0 aromatic carbocycles. The monoisotopic (exact) mass is 199 g/mol. The number of rotatable bonds is 4. The van der Waals surface area contributed by atoms with Crippen LogP contribution >= 0.6 is 11.8 Å². The number of carboxylic acid groups (broad SMARTS) is 1. The normalized spacial score (nSPS) is 9.62. The molecule has 0 saturated heterocycles. The van der Waals surface area contributed by atoms with Crippen LogP contribution in [0.4, 0.5) is 0 Å². The topological polar surface area (TPSA) is 59.4 Å². The van der Waals surface area contributed by atoms with Gasteiger partial charge in [-0.1, -0.05) is 0 Å². The van der Waals surface area contributed by atoms with Crippen LogP contribution in [0.3, 0.4) is 0 Å². The summed E-state index contributed by atoms with van der Waals surface area (Å²) in [6.45, 7) is 0. The molecule has 0 unspecified atom stereocenters. The average molecular weight is 199 g/mol. The molecule has 0 amide bonds. The van der Waals surface area contributed by atoms with Crippen molar-refractivity contribution in [2.75, 3.05) is 12.9 Å². The Bertz CT molecular complexity index is 303. The molecule has 13 heavy (non-hydrogen) atoms. The highest BCUT2D eigenvalue weighted by Crippen LogP contribution is 2.25. The summed E-state index contributed by atoms with van der Waals surface area (Å²) >= 11 is 1.19. The molecular weight excluding hydrogens is 190 g/mol. The van der Waals surface area contributed by atoms with Crippen LogP contribution in [0.2, 0.25) is 0 Å². The maximum atomic E-state index is 10.3. The lowest BCUT2D eigenvalue weighted by molar-refractivity contribution is -0.133. The largest absolute Gasteiger partial charge is 0.481 e. The van der Waals surface area contributed by atoms with Crippen molar-refractivity contribution in [2.45, 2.75) is 4.90 Å². The van der Waals surface area contributed by atoms with E-state index in [2.05, 4.69) is 4.98 Å². The number of hydrogen-bond donors (Lipinski definition) is 1. The molecule has 70 valence electrons. The number of hydrogen-bond acceptors (Lipinski definition) is 4. The minimum Gasteiger partial charge on any atom is -0.481 e. The van der Waals surface area contributed by atoms with Gasteiger partial charge in [0.15, 0.2) is 0 Å². The van der Waals surface area contributed by atoms with Gasteiger partial charge in [0.1, 0.15) is 0 Å². The highest BCUT2D eigenvalue weighted by atomic mass is 32.2. The van der Waals surface area contributed by atoms with Gasteiger partial charge in [0.05, 0.1) is 17.8 Å². The van der Waals surface area contributed by atoms with Gasteiger partial charge in [-0.05, 0) is 12.1 Å². The number of nitrogens with zero attached hydrogens (tertiary/aromatic N) is 1. The minimum atomic E-state index is -0.851. The first kappa shape index (κ1) is 9.85. The zero-order valence-corrected chi connectivity index (χ0v) is 7.87. The maximum absolute atomic E-state index is 10.3. The molecule has 0 saturated carbocycles. The third kappa shape index (κ3) is 2.95. The van der Waals surface area contributed by atoms with Crippen molar-refractivity contribution < 1.29 is 14.6 Å². The highest BCUT2D eigenvalue weighted by Gasteiger charge is 2.05. The summed E-state index contributed by atoms with van der Waals surface area (Å²) in [4.78, 5) is 15.0. The summed E-state index contributed by atoms with van der Waals surface area (Å²) in [5, 5.41) is 8.46. The molecule has 0 fully saturated rings. The number of aliphatic carboxylic acids is 1. The van der Waals surface area contributed by atoms with Crippen LogP contribution in [0.5, 0.6) is 5.88 Å². The fourth-order valence-corrected chi connectivity index (χ4v) is 1.49. The van der Waals surface area contributed by atoms with Gasteiger partial charge in [-0.2, -0.15) is 0 Å². The van der Waals surface area contributed by atoms with Crippen molar-refractivity contribution in [1.29, 1.82) is 0 Å². The van der Waals surface area contributed by atoms with Crippen LogP contribution < -0.4 is 4.74 Å². The van der Waals surface area contributed by atoms with Gasteiger partial charge in [0.25, 0.3) is 0 Å². The summed E-state index contributed by atoms with van der Waals surface area (Å²) in [6.07, 6.45) is 1.60. The van der Waals surface area contributed by atoms with E-state index in [1.807, 2.05) is 0 Å². The van der Waals surface area contributed by atoms with Crippen molar-refractivity contribution in [3.8, 4) is 5.88 Å². The predicted octanol–water partition coefficient (Wildman–Crippen LogP) is 1.27. The molecule has 5 heteroatoms. The average Bonchev–Trinajstić information content (AvgIpc) is 2.15. The van der Waals surface area contributed by atoms with E-state index in [0.29, 0.717) is 5.88 Å². The van der Waals surface area contributed by atoms with Crippen molar-refractivity contribution in [1.82, 2.24) is 4.98 Å². The van der Waals surface area contributed by atoms with Crippen molar-refractivity contribution in [3.63, 3.8) is 0 Å². The van der Waals surface area contributed by atoms with E-state index in [1.165, 1.54) is 18.9 Å². The van der Waals surface area contributed by atoms with E-state index in [4.69, 9.17) is 9.84 Å². The van der Waals surface area contributed by atoms with Crippen LogP contribution in [0, 0.1) is 0 Å². The lowest BCUT2D eigenvalue weighted by atomic mass is 10.5. The maximum Gasteiger partial charge on any atom is 0.313 e. The summed E-state index contributed by atoms with van der Waals surface area (Å²) in [5.41, 5.74) is 0. The van der Waals surface area contributed by atoms with Gasteiger partial charge in [-0.3, -0.25) is 4.79 Å². The van der Waals surface area contributed by atoms with Crippen LogP contribution in [-0.4, -0.2) is 28.9 Å². The van der Waals surface area contributed by atoms with Crippen molar-refractivity contribution in [2.24, 2.45) is 0 Å². The Morgan fingerprint density at radius 2 is 2.54 bits per heavy atom. The van der Waals surface area contributed by atoms with Crippen LogP contribution in [0.25, 0.3) is 0 Å². The van der Waals surface area contributed by atoms with Gasteiger partial charge in [-0.25, -0.2) is 4.98 Å². The second kappa shape index (κ2) is 4.71. The van der Waals surface area contributed by atoms with E-state index < -0.39 is 5.97 Å². The molecule has 0 bridgehead atoms. The smallest absolute Gasteiger partial charge is 0.313 e. The fraction of sp³-hybridized carbons (Fsp3) is 0.250. The Hall–Kier alpha value is -1.23. The molecule has 1 rings (SSSR count). The quantitative estimate of drug-likeness (QED) is 0.740. The molecule has 1 N–H and O–H groups in total. The van der Waals surface area contributed by atoms with Gasteiger partial charge >= 0.3 is 5.97 Å². The van der Waals surface area contributed by atoms with Crippen molar-refractivity contribution in [3.05, 3.63) is 18.3 Å². The number of carbonyl (C=O) groups is 1. The molecule has 0 radical (unpaired) electrons. The predicted molar refractivity (Wildman–Crippen MR) is 49.1 cm³/mol. The number of ether oxygens (including phenoxy) is 1. The molecule has 4 nitrogen and oxygen atoms in total. The number of carboxylic acids is 1. The van der Waals surface area contributed by atoms with Gasteiger partial charge in [0.2, 0.25) is 5.88 Å². The zero-order valence-electron chi connectivity index (χ0n) is 7.06. The van der Waals surface area contributed by atoms with E-state index in [1.54, 1.807) is 18.3 Å². The third-order valence-corrected chi connectivity index (χ3v) is 2.29. The van der Waals surface area contributed by atoms with E-state index in [-0.39, 0.29) is 5.75 Å². The van der Waals surface area contributed by atoms with Crippen LogP contribution in [0.15, 0.2) is 23.2 Å². The molecule has 0 atom stereocenters. The Balaban J connectivity index is 2.69. The summed E-state index contributed by atoms with van der Waals surface area (Å²) in [5.74, 6) is -0.369. The molecule has 0 aliphatic carbocycles. The Labute approximate surface area is 79.9 Å². The molecule has 1 heterocycles. The van der Waals surface area contributed by atoms with Gasteiger partial charge in [-0.15, -0.1) is 11.8 Å². The Morgan fingerprint density at radius 3 is 3.15 bits per heavy atom. The fourth-order valence-electron chi connectivity index (χ4n) is 0.779. The van der Waals surface area contributed by atoms with Gasteiger partial charge in [0, 0.05) is 6.20 Å². The standard InChI is InChI=1S/C8H9NO3S/c1-12-8-6(3-2-4-9-8)13-5-7(10)11/h2-4H,5H2,1H3,(H,10,11). The molecule has 0 aliphatic rings. The molecular formula is C8H9NO3S. The number of methoxy groups -OCH3 is 1. The van der Waals surface area contributed by atoms with Crippen molar-refractivity contribution >= 4 is 17.7 Å². The first-order valence-electron chi connectivity index (χ1n) is 3.57. The molecule has 0 spiro atoms. The number of pyridine rings is 1. The lowest BCUT2D eigenvalue weighted by Crippen LogP contribution is -1.98. The van der Waals surface area contributed by atoms with E-state index in [0.717, 1.165) is 4.90 Å². The lowest BCUT2D eigenvalue weighted by Gasteiger charge is -2.03. The second-order valence-electron chi connectivity index (χ2n) is 2.19. The van der Waals surface area contributed by atoms with E-state index >= 15 is 0 Å². The van der Waals surface area contributed by atoms with E-state index in [9.17, 15) is 4.79 Å². The van der Waals surface area contributed by atoms with Crippen LogP contribution in [-0.2, 0) is 4.79 Å². The third-order valence-electron chi connectivity index (χ3n) is 1.28. The molecule has 1 aromatic heterocycles. The zero-order chi connectivity index (χ0) is 9.68. The highest BCUT2D eigenvalue weighted by molar-refractivity contribution is 8.00. The second-order valence-corrected chi connectivity index (χ2v) is 3.21. The molecule has 1 aromatic rings. The SMILES string of the molecule is COc1ncccc1SCC(=O)O. The first-order valence-corrected chi connectivity index (χ1v) is 4.56. The summed E-state index contributed by atoms with van der Waals surface area (Å²) < 4.78 is 4.95. The Morgan fingerprint density at radius 1 is 1.77 bits per heavy atom. The Kier molecular flexibility index (Phi) is 3.57. The summed E-state index contributed by atoms with van der Waals surface area (Å²) in [7, 11) is 1.51. The van der Waals surface area contributed by atoms with Crippen LogP contribution in [0.1, 0.15) is 0 Å². The van der Waals surface area contributed by atoms with Gasteiger partial charge < -0.3 is 9.84 Å². The number of thioether (sulfide) groups is 1. The summed E-state index contributed by atoms with van der Waals surface area (Å²) in [6, 6.07) is 3.52. The molecule has 0 aliphatic heterocycles.